The molecule has 182 valence electrons. The van der Waals surface area contributed by atoms with Crippen molar-refractivity contribution in [2.24, 2.45) is 5.92 Å². The van der Waals surface area contributed by atoms with Crippen molar-refractivity contribution in [3.8, 4) is 0 Å². The van der Waals surface area contributed by atoms with E-state index in [1.165, 1.54) is 43.1 Å². The molecule has 1 aromatic carbocycles. The minimum Gasteiger partial charge on any atom is -0.466 e. The van der Waals surface area contributed by atoms with Crippen LogP contribution in [0.2, 0.25) is 0 Å². The molecule has 10 nitrogen and oxygen atoms in total. The van der Waals surface area contributed by atoms with Gasteiger partial charge >= 0.3 is 5.97 Å². The summed E-state index contributed by atoms with van der Waals surface area (Å²) in [6.07, 6.45) is 1.22. The lowest BCUT2D eigenvalue weighted by Gasteiger charge is -2.32. The van der Waals surface area contributed by atoms with E-state index in [0.29, 0.717) is 24.9 Å². The van der Waals surface area contributed by atoms with Crippen molar-refractivity contribution in [2.75, 3.05) is 39.8 Å². The Bertz CT molecular complexity index is 976. The molecule has 0 aliphatic carbocycles. The first-order valence-electron chi connectivity index (χ1n) is 10.8. The first-order chi connectivity index (χ1) is 15.5. The smallest absolute Gasteiger partial charge is 0.310 e. The Labute approximate surface area is 194 Å². The van der Waals surface area contributed by atoms with Crippen LogP contribution in [0.1, 0.15) is 43.5 Å². The van der Waals surface area contributed by atoms with Crippen molar-refractivity contribution < 1.29 is 32.3 Å². The van der Waals surface area contributed by atoms with Gasteiger partial charge in [-0.05, 0) is 38.8 Å². The highest BCUT2D eigenvalue weighted by atomic mass is 32.2. The van der Waals surface area contributed by atoms with Crippen molar-refractivity contribution in [3.63, 3.8) is 0 Å². The zero-order valence-electron chi connectivity index (χ0n) is 19.2. The van der Waals surface area contributed by atoms with E-state index >= 15 is 0 Å². The molecule has 1 heterocycles. The third kappa shape index (κ3) is 7.64. The number of benzene rings is 1. The van der Waals surface area contributed by atoms with E-state index in [0.717, 1.165) is 0 Å². The largest absolute Gasteiger partial charge is 0.466 e. The van der Waals surface area contributed by atoms with Gasteiger partial charge in [0.25, 0.3) is 0 Å². The first kappa shape index (κ1) is 26.5. The number of hydrogen-bond acceptors (Lipinski definition) is 7. The maximum Gasteiger partial charge on any atom is 0.310 e. The van der Waals surface area contributed by atoms with Crippen LogP contribution in [0.25, 0.3) is 0 Å². The summed E-state index contributed by atoms with van der Waals surface area (Å²) in [7, 11) is -2.36. The normalized spacial score (nSPS) is 16.2. The van der Waals surface area contributed by atoms with Crippen molar-refractivity contribution in [1.82, 2.24) is 14.5 Å². The topological polar surface area (TPSA) is 130 Å². The van der Waals surface area contributed by atoms with E-state index in [2.05, 4.69) is 4.72 Å². The fraction of sp³-hybridized carbons (Fsp3) is 0.545. The van der Waals surface area contributed by atoms with E-state index in [4.69, 9.17) is 4.74 Å². The number of likely N-dealkylation sites (tertiary alicyclic amines) is 1. The molecule has 2 amide bonds. The molecule has 0 bridgehead atoms. The Balaban J connectivity index is 1.82. The predicted molar refractivity (Wildman–Crippen MR) is 120 cm³/mol. The molecule has 0 saturated carbocycles. The van der Waals surface area contributed by atoms with Crippen molar-refractivity contribution >= 4 is 33.6 Å². The molecule has 11 heteroatoms. The van der Waals surface area contributed by atoms with Crippen LogP contribution >= 0.6 is 0 Å². The van der Waals surface area contributed by atoms with Crippen molar-refractivity contribution in [3.05, 3.63) is 29.8 Å². The molecule has 0 radical (unpaired) electrons. The maximum atomic E-state index is 12.6. The Morgan fingerprint density at radius 3 is 2.45 bits per heavy atom. The van der Waals surface area contributed by atoms with Crippen LogP contribution in [0.5, 0.6) is 0 Å². The Hall–Kier alpha value is -2.79. The molecule has 1 saturated heterocycles. The molecule has 33 heavy (non-hydrogen) atoms. The van der Waals surface area contributed by atoms with Crippen LogP contribution in [0.4, 0.5) is 0 Å². The summed E-state index contributed by atoms with van der Waals surface area (Å²) < 4.78 is 32.1. The summed E-state index contributed by atoms with van der Waals surface area (Å²) in [5, 5.41) is 0. The average Bonchev–Trinajstić information content (AvgIpc) is 2.79. The van der Waals surface area contributed by atoms with Gasteiger partial charge in [0.05, 0.1) is 24.0 Å². The number of ether oxygens (including phenoxy) is 1. The van der Waals surface area contributed by atoms with E-state index in [1.807, 2.05) is 0 Å². The molecular weight excluding hydrogens is 450 g/mol. The van der Waals surface area contributed by atoms with Gasteiger partial charge in [-0.1, -0.05) is 12.1 Å². The highest BCUT2D eigenvalue weighted by Crippen LogP contribution is 2.18. The number of likely N-dealkylation sites (N-methyl/N-ethyl adjacent to an activating group) is 1. The van der Waals surface area contributed by atoms with Crippen LogP contribution in [0.15, 0.2) is 29.2 Å². The molecule has 1 N–H and O–H groups in total. The minimum atomic E-state index is -3.83. The summed E-state index contributed by atoms with van der Waals surface area (Å²) >= 11 is 0. The fourth-order valence-electron chi connectivity index (χ4n) is 3.48. The zero-order valence-corrected chi connectivity index (χ0v) is 20.0. The van der Waals surface area contributed by atoms with E-state index in [1.54, 1.807) is 11.8 Å². The van der Waals surface area contributed by atoms with Crippen LogP contribution in [0, 0.1) is 5.92 Å². The highest BCUT2D eigenvalue weighted by Gasteiger charge is 2.30. The van der Waals surface area contributed by atoms with Gasteiger partial charge in [-0.3, -0.25) is 19.2 Å². The maximum absolute atomic E-state index is 12.6. The summed E-state index contributed by atoms with van der Waals surface area (Å²) in [6.45, 7) is 3.89. The second-order valence-corrected chi connectivity index (χ2v) is 9.68. The minimum absolute atomic E-state index is 0.00951. The van der Waals surface area contributed by atoms with E-state index in [-0.39, 0.29) is 61.1 Å². The molecule has 1 unspecified atom stereocenters. The second-order valence-electron chi connectivity index (χ2n) is 7.91. The number of Topliss-reactive ketones (excluding diaryl/α,β-unsaturated/α-hetero) is 1. The zero-order chi connectivity index (χ0) is 24.6. The van der Waals surface area contributed by atoms with Gasteiger partial charge in [0.2, 0.25) is 21.8 Å². The van der Waals surface area contributed by atoms with Crippen LogP contribution < -0.4 is 4.72 Å². The molecule has 1 atom stereocenters. The van der Waals surface area contributed by atoms with Crippen molar-refractivity contribution in [2.45, 2.75) is 38.0 Å². The molecule has 1 aliphatic heterocycles. The number of esters is 1. The van der Waals surface area contributed by atoms with Gasteiger partial charge in [-0.25, -0.2) is 13.1 Å². The number of amides is 2. The molecule has 1 aromatic rings. The van der Waals surface area contributed by atoms with Crippen LogP contribution in [-0.4, -0.2) is 81.6 Å². The number of piperidine rings is 1. The molecule has 1 aliphatic rings. The quantitative estimate of drug-likeness (QED) is 0.387. The summed E-state index contributed by atoms with van der Waals surface area (Å²) in [4.78, 5) is 51.0. The SMILES string of the molecule is CCOC(=O)C1CCCN(C(=O)CN(C)C(=O)CCNS(=O)(=O)c2ccc(C(C)=O)cc2)C1. The monoisotopic (exact) mass is 481 g/mol. The van der Waals surface area contributed by atoms with E-state index in [9.17, 15) is 27.6 Å². The number of hydrogen-bond donors (Lipinski definition) is 1. The van der Waals surface area contributed by atoms with Crippen LogP contribution in [-0.2, 0) is 29.1 Å². The van der Waals surface area contributed by atoms with Gasteiger partial charge in [0.1, 0.15) is 0 Å². The fourth-order valence-corrected chi connectivity index (χ4v) is 4.51. The molecule has 2 rings (SSSR count). The lowest BCUT2D eigenvalue weighted by molar-refractivity contribution is -0.152. The van der Waals surface area contributed by atoms with Gasteiger partial charge in [-0.15, -0.1) is 0 Å². The second kappa shape index (κ2) is 11.9. The van der Waals surface area contributed by atoms with Crippen molar-refractivity contribution in [1.29, 1.82) is 0 Å². The van der Waals surface area contributed by atoms with Crippen LogP contribution in [0.3, 0.4) is 0 Å². The van der Waals surface area contributed by atoms with E-state index < -0.39 is 15.9 Å². The number of rotatable bonds is 10. The molecule has 0 spiro atoms. The molecular formula is C22H31N3O7S. The Morgan fingerprint density at radius 1 is 1.18 bits per heavy atom. The third-order valence-electron chi connectivity index (χ3n) is 5.39. The van der Waals surface area contributed by atoms with Gasteiger partial charge in [0, 0.05) is 38.7 Å². The lowest BCUT2D eigenvalue weighted by atomic mass is 9.98. The summed E-state index contributed by atoms with van der Waals surface area (Å²) in [6, 6.07) is 5.50. The Kier molecular flexibility index (Phi) is 9.54. The number of ketones is 1. The Morgan fingerprint density at radius 2 is 1.85 bits per heavy atom. The molecule has 1 fully saturated rings. The van der Waals surface area contributed by atoms with Gasteiger partial charge < -0.3 is 14.5 Å². The summed E-state index contributed by atoms with van der Waals surface area (Å²) in [5.41, 5.74) is 0.401. The number of carbonyl (C=O) groups is 4. The number of nitrogens with one attached hydrogen (secondary N) is 1. The molecule has 0 aromatic heterocycles. The summed E-state index contributed by atoms with van der Waals surface area (Å²) in [5.74, 6) is -1.51. The lowest BCUT2D eigenvalue weighted by Crippen LogP contribution is -2.47. The highest BCUT2D eigenvalue weighted by molar-refractivity contribution is 7.89. The number of sulfonamides is 1. The first-order valence-corrected chi connectivity index (χ1v) is 12.3. The number of nitrogens with zero attached hydrogens (tertiary/aromatic N) is 2. The standard InChI is InChI=1S/C22H31N3O7S/c1-4-32-22(29)18-6-5-13-25(14-18)21(28)15-24(3)20(27)11-12-23-33(30,31)19-9-7-17(8-10-19)16(2)26/h7-10,18,23H,4-6,11-15H2,1-3H3. The van der Waals surface area contributed by atoms with Gasteiger partial charge in [-0.2, -0.15) is 0 Å². The predicted octanol–water partition coefficient (Wildman–Crippen LogP) is 0.818. The van der Waals surface area contributed by atoms with Gasteiger partial charge in [0.15, 0.2) is 5.78 Å². The number of carbonyl (C=O) groups excluding carboxylic acids is 4. The average molecular weight is 482 g/mol. The third-order valence-corrected chi connectivity index (χ3v) is 6.87.